The van der Waals surface area contributed by atoms with Crippen LogP contribution in [0.2, 0.25) is 0 Å². The summed E-state index contributed by atoms with van der Waals surface area (Å²) >= 11 is 1.99. The van der Waals surface area contributed by atoms with E-state index in [9.17, 15) is 14.9 Å². The molecule has 0 aromatic heterocycles. The lowest BCUT2D eigenvalue weighted by atomic mass is 10.1. The van der Waals surface area contributed by atoms with Gasteiger partial charge in [0.15, 0.2) is 0 Å². The van der Waals surface area contributed by atoms with Crippen molar-refractivity contribution < 1.29 is 14.8 Å². The minimum absolute atomic E-state index is 0.0318. The van der Waals surface area contributed by atoms with E-state index < -0.39 is 16.3 Å². The van der Waals surface area contributed by atoms with Gasteiger partial charge in [0.1, 0.15) is 0 Å². The summed E-state index contributed by atoms with van der Waals surface area (Å²) in [6.07, 6.45) is 1.36. The fourth-order valence-electron chi connectivity index (χ4n) is 1.64. The van der Waals surface area contributed by atoms with Gasteiger partial charge in [0, 0.05) is 27.9 Å². The Balaban J connectivity index is 2.07. The average molecular weight is 362 g/mol. The summed E-state index contributed by atoms with van der Waals surface area (Å²) in [4.78, 5) is 21.1. The van der Waals surface area contributed by atoms with E-state index in [4.69, 9.17) is 5.11 Å². The number of aliphatic carboxylic acids is 1. The molecule has 0 saturated heterocycles. The first-order chi connectivity index (χ1) is 8.44. The maximum absolute atomic E-state index is 11.0. The van der Waals surface area contributed by atoms with E-state index in [0.29, 0.717) is 23.0 Å². The van der Waals surface area contributed by atoms with Crippen LogP contribution in [0.4, 0.5) is 11.4 Å². The van der Waals surface area contributed by atoms with Crippen molar-refractivity contribution in [2.45, 2.75) is 12.8 Å². The van der Waals surface area contributed by atoms with E-state index in [-0.39, 0.29) is 5.69 Å². The summed E-state index contributed by atoms with van der Waals surface area (Å²) in [7, 11) is 0. The molecule has 0 radical (unpaired) electrons. The van der Waals surface area contributed by atoms with E-state index in [2.05, 4.69) is 5.32 Å². The molecule has 2 rings (SSSR count). The lowest BCUT2D eigenvalue weighted by Gasteiger charge is -2.13. The highest BCUT2D eigenvalue weighted by Gasteiger charge is 2.50. The topological polar surface area (TPSA) is 92.5 Å². The molecule has 1 aliphatic carbocycles. The molecule has 1 aromatic rings. The van der Waals surface area contributed by atoms with Gasteiger partial charge in [-0.3, -0.25) is 14.9 Å². The summed E-state index contributed by atoms with van der Waals surface area (Å²) < 4.78 is 0.711. The fourth-order valence-corrected chi connectivity index (χ4v) is 2.33. The number of hydrogen-bond donors (Lipinski definition) is 2. The van der Waals surface area contributed by atoms with Crippen LogP contribution in [0.1, 0.15) is 12.8 Å². The highest BCUT2D eigenvalue weighted by molar-refractivity contribution is 14.1. The van der Waals surface area contributed by atoms with Crippen molar-refractivity contribution >= 4 is 39.9 Å². The molecule has 0 aliphatic heterocycles. The Morgan fingerprint density at radius 1 is 1.56 bits per heavy atom. The van der Waals surface area contributed by atoms with Gasteiger partial charge in [-0.2, -0.15) is 0 Å². The Labute approximate surface area is 117 Å². The van der Waals surface area contributed by atoms with E-state index >= 15 is 0 Å². The summed E-state index contributed by atoms with van der Waals surface area (Å²) in [6, 6.07) is 4.48. The fraction of sp³-hybridized carbons (Fsp3) is 0.364. The minimum atomic E-state index is -0.785. The Morgan fingerprint density at radius 2 is 2.22 bits per heavy atom. The molecule has 0 spiro atoms. The lowest BCUT2D eigenvalue weighted by Crippen LogP contribution is -2.24. The normalized spacial score (nSPS) is 16.1. The zero-order valence-corrected chi connectivity index (χ0v) is 11.5. The quantitative estimate of drug-likeness (QED) is 0.477. The Kier molecular flexibility index (Phi) is 3.42. The van der Waals surface area contributed by atoms with Crippen LogP contribution >= 0.6 is 22.6 Å². The van der Waals surface area contributed by atoms with Crippen molar-refractivity contribution in [3.63, 3.8) is 0 Å². The molecule has 1 saturated carbocycles. The number of non-ortho nitro benzene ring substituents is 1. The number of nitrogens with one attached hydrogen (secondary N) is 1. The van der Waals surface area contributed by atoms with Crippen molar-refractivity contribution in [3.8, 4) is 0 Å². The molecule has 0 heterocycles. The summed E-state index contributed by atoms with van der Waals surface area (Å²) in [5.41, 5.74) is 0.114. The summed E-state index contributed by atoms with van der Waals surface area (Å²) in [6.45, 7) is 0.357. The van der Waals surface area contributed by atoms with Crippen LogP contribution in [0.25, 0.3) is 0 Å². The highest BCUT2D eigenvalue weighted by Crippen LogP contribution is 2.46. The number of nitrogens with zero attached hydrogens (tertiary/aromatic N) is 1. The van der Waals surface area contributed by atoms with E-state index in [0.717, 1.165) is 5.69 Å². The SMILES string of the molecule is O=C(O)C1(CNc2ccc([N+](=O)[O-])cc2I)CC1. The number of halogens is 1. The van der Waals surface area contributed by atoms with Gasteiger partial charge in [-0.25, -0.2) is 0 Å². The zero-order valence-electron chi connectivity index (χ0n) is 9.35. The molecule has 0 atom stereocenters. The maximum atomic E-state index is 11.0. The van der Waals surface area contributed by atoms with Crippen LogP contribution in [0.15, 0.2) is 18.2 Å². The smallest absolute Gasteiger partial charge is 0.311 e. The van der Waals surface area contributed by atoms with Crippen LogP contribution < -0.4 is 5.32 Å². The number of nitro groups is 1. The van der Waals surface area contributed by atoms with Gasteiger partial charge in [0.25, 0.3) is 5.69 Å². The van der Waals surface area contributed by atoms with Gasteiger partial charge in [-0.15, -0.1) is 0 Å². The lowest BCUT2D eigenvalue weighted by molar-refractivity contribution is -0.384. The third kappa shape index (κ3) is 2.55. The number of carboxylic acids is 1. The van der Waals surface area contributed by atoms with E-state index in [1.807, 2.05) is 22.6 Å². The van der Waals surface area contributed by atoms with Crippen molar-refractivity contribution in [2.75, 3.05) is 11.9 Å². The Bertz CT molecular complexity index is 514. The molecule has 1 aliphatic rings. The van der Waals surface area contributed by atoms with E-state index in [1.165, 1.54) is 12.1 Å². The molecule has 18 heavy (non-hydrogen) atoms. The van der Waals surface area contributed by atoms with Crippen molar-refractivity contribution in [1.82, 2.24) is 0 Å². The standard InChI is InChI=1S/C11H11IN2O4/c12-8-5-7(14(17)18)1-2-9(8)13-6-11(3-4-11)10(15)16/h1-2,5,13H,3-4,6H2,(H,15,16). The second-order valence-corrected chi connectivity index (χ2v) is 5.52. The van der Waals surface area contributed by atoms with Gasteiger partial charge < -0.3 is 10.4 Å². The molecule has 2 N–H and O–H groups in total. The molecule has 7 heteroatoms. The van der Waals surface area contributed by atoms with Crippen LogP contribution in [-0.4, -0.2) is 22.5 Å². The first kappa shape index (κ1) is 13.1. The van der Waals surface area contributed by atoms with Crippen LogP contribution in [0, 0.1) is 19.1 Å². The maximum Gasteiger partial charge on any atom is 0.311 e. The van der Waals surface area contributed by atoms with Crippen LogP contribution in [0.3, 0.4) is 0 Å². The molecule has 6 nitrogen and oxygen atoms in total. The summed E-state index contributed by atoms with van der Waals surface area (Å²) in [5, 5.41) is 22.7. The molecule has 1 fully saturated rings. The Morgan fingerprint density at radius 3 is 2.67 bits per heavy atom. The van der Waals surface area contributed by atoms with Crippen LogP contribution in [-0.2, 0) is 4.79 Å². The Hall–Kier alpha value is -1.38. The molecule has 0 amide bonds. The van der Waals surface area contributed by atoms with E-state index in [1.54, 1.807) is 6.07 Å². The number of carbonyl (C=O) groups is 1. The molecule has 0 unspecified atom stereocenters. The van der Waals surface area contributed by atoms with Gasteiger partial charge in [-0.1, -0.05) is 0 Å². The van der Waals surface area contributed by atoms with Gasteiger partial charge in [0.05, 0.1) is 10.3 Å². The number of benzene rings is 1. The average Bonchev–Trinajstić information content (AvgIpc) is 3.08. The first-order valence-electron chi connectivity index (χ1n) is 5.36. The molecule has 1 aromatic carbocycles. The van der Waals surface area contributed by atoms with Gasteiger partial charge >= 0.3 is 5.97 Å². The van der Waals surface area contributed by atoms with Gasteiger partial charge in [-0.05, 0) is 41.5 Å². The number of rotatable bonds is 5. The number of carboxylic acid groups (broad SMARTS) is 1. The number of anilines is 1. The predicted octanol–water partition coefficient (Wildman–Crippen LogP) is 2.48. The number of hydrogen-bond acceptors (Lipinski definition) is 4. The third-order valence-electron chi connectivity index (χ3n) is 3.09. The second kappa shape index (κ2) is 4.71. The first-order valence-corrected chi connectivity index (χ1v) is 6.44. The van der Waals surface area contributed by atoms with Gasteiger partial charge in [0.2, 0.25) is 0 Å². The zero-order chi connectivity index (χ0) is 13.3. The summed E-state index contributed by atoms with van der Waals surface area (Å²) in [5.74, 6) is -0.785. The van der Waals surface area contributed by atoms with Crippen molar-refractivity contribution in [2.24, 2.45) is 5.41 Å². The monoisotopic (exact) mass is 362 g/mol. The molecule has 96 valence electrons. The molecule has 0 bridgehead atoms. The van der Waals surface area contributed by atoms with Crippen LogP contribution in [0.5, 0.6) is 0 Å². The molecular weight excluding hydrogens is 351 g/mol. The predicted molar refractivity (Wildman–Crippen MR) is 73.6 cm³/mol. The minimum Gasteiger partial charge on any atom is -0.481 e. The van der Waals surface area contributed by atoms with Crippen molar-refractivity contribution in [1.29, 1.82) is 0 Å². The highest BCUT2D eigenvalue weighted by atomic mass is 127. The second-order valence-electron chi connectivity index (χ2n) is 4.36. The largest absolute Gasteiger partial charge is 0.481 e. The van der Waals surface area contributed by atoms with Crippen molar-refractivity contribution in [3.05, 3.63) is 31.9 Å². The number of nitro benzene ring substituents is 1. The molecular formula is C11H11IN2O4. The third-order valence-corrected chi connectivity index (χ3v) is 3.98.